The van der Waals surface area contributed by atoms with E-state index in [0.29, 0.717) is 0 Å². The molecule has 31 heavy (non-hydrogen) atoms. The maximum atomic E-state index is 12.2. The zero-order valence-corrected chi connectivity index (χ0v) is 22.6. The second kappa shape index (κ2) is 26.0. The number of alkyl carbamates (subject to hydrolysis) is 1. The molecule has 4 heteroatoms. The van der Waals surface area contributed by atoms with Crippen molar-refractivity contribution in [3.05, 3.63) is 0 Å². The summed E-state index contributed by atoms with van der Waals surface area (Å²) in [5.41, 5.74) is 0. The van der Waals surface area contributed by atoms with Gasteiger partial charge in [0.25, 0.3) is 0 Å². The molecule has 0 aromatic carbocycles. The van der Waals surface area contributed by atoms with Gasteiger partial charge in [0.2, 0.25) is 0 Å². The smallest absolute Gasteiger partial charge is 0.407 e. The standard InChI is InChI=1S/C27H54BrNO2/c1-3-5-7-9-10-11-12-15-19-23-26(22-18-8-6-4-2)31-27(30)29-25-21-17-14-13-16-20-24-28/h26H,3-25H2,1-2H3,(H,29,30). The zero-order valence-electron chi connectivity index (χ0n) is 21.0. The van der Waals surface area contributed by atoms with Crippen LogP contribution in [0.4, 0.5) is 4.79 Å². The van der Waals surface area contributed by atoms with Crippen LogP contribution in [0.25, 0.3) is 0 Å². The quantitative estimate of drug-likeness (QED) is 0.105. The average molecular weight is 505 g/mol. The molecule has 0 fully saturated rings. The van der Waals surface area contributed by atoms with Crippen molar-refractivity contribution in [2.45, 2.75) is 155 Å². The third-order valence-electron chi connectivity index (χ3n) is 6.11. The van der Waals surface area contributed by atoms with E-state index in [1.807, 2.05) is 0 Å². The SMILES string of the molecule is CCCCCCCCCCCC(CCCCCC)OC(=O)NCCCCCCCCBr. The molecule has 0 aliphatic rings. The van der Waals surface area contributed by atoms with Crippen LogP contribution in [0.1, 0.15) is 149 Å². The molecule has 186 valence electrons. The number of carbonyl (C=O) groups is 1. The fourth-order valence-corrected chi connectivity index (χ4v) is 4.45. The number of alkyl halides is 1. The van der Waals surface area contributed by atoms with Crippen LogP contribution >= 0.6 is 15.9 Å². The summed E-state index contributed by atoms with van der Waals surface area (Å²) in [4.78, 5) is 12.2. The van der Waals surface area contributed by atoms with Gasteiger partial charge < -0.3 is 10.1 Å². The number of hydrogen-bond donors (Lipinski definition) is 1. The van der Waals surface area contributed by atoms with Crippen molar-refractivity contribution >= 4 is 22.0 Å². The summed E-state index contributed by atoms with van der Waals surface area (Å²) in [6.07, 6.45) is 26.4. The van der Waals surface area contributed by atoms with E-state index in [-0.39, 0.29) is 12.2 Å². The van der Waals surface area contributed by atoms with Gasteiger partial charge in [-0.05, 0) is 38.5 Å². The molecule has 3 nitrogen and oxygen atoms in total. The first-order valence-corrected chi connectivity index (χ1v) is 14.9. The Morgan fingerprint density at radius 2 is 1.06 bits per heavy atom. The van der Waals surface area contributed by atoms with Gasteiger partial charge in [-0.3, -0.25) is 0 Å². The van der Waals surface area contributed by atoms with Crippen molar-refractivity contribution in [3.8, 4) is 0 Å². The van der Waals surface area contributed by atoms with E-state index in [2.05, 4.69) is 35.1 Å². The highest BCUT2D eigenvalue weighted by atomic mass is 79.9. The molecule has 0 spiro atoms. The monoisotopic (exact) mass is 503 g/mol. The molecule has 0 aliphatic heterocycles. The van der Waals surface area contributed by atoms with Crippen molar-refractivity contribution < 1.29 is 9.53 Å². The number of halogens is 1. The van der Waals surface area contributed by atoms with Crippen LogP contribution in [0.5, 0.6) is 0 Å². The van der Waals surface area contributed by atoms with Crippen molar-refractivity contribution in [2.24, 2.45) is 0 Å². The number of nitrogens with one attached hydrogen (secondary N) is 1. The Hall–Kier alpha value is -0.250. The molecule has 0 aliphatic carbocycles. The van der Waals surface area contributed by atoms with Crippen molar-refractivity contribution in [3.63, 3.8) is 0 Å². The molecule has 0 saturated heterocycles. The van der Waals surface area contributed by atoms with Gasteiger partial charge in [0.15, 0.2) is 0 Å². The summed E-state index contributed by atoms with van der Waals surface area (Å²) in [6.45, 7) is 5.26. The minimum Gasteiger partial charge on any atom is -0.446 e. The van der Waals surface area contributed by atoms with Gasteiger partial charge in [-0.1, -0.05) is 126 Å². The van der Waals surface area contributed by atoms with Crippen molar-refractivity contribution in [2.75, 3.05) is 11.9 Å². The molecule has 0 aromatic rings. The van der Waals surface area contributed by atoms with Crippen LogP contribution in [0, 0.1) is 0 Å². The van der Waals surface area contributed by atoms with E-state index in [1.165, 1.54) is 116 Å². The molecule has 0 heterocycles. The predicted molar refractivity (Wildman–Crippen MR) is 140 cm³/mol. The number of rotatable bonds is 24. The van der Waals surface area contributed by atoms with E-state index in [9.17, 15) is 4.79 Å². The topological polar surface area (TPSA) is 38.3 Å². The number of amides is 1. The first kappa shape index (κ1) is 30.8. The highest BCUT2D eigenvalue weighted by Crippen LogP contribution is 2.17. The number of carbonyl (C=O) groups excluding carboxylic acids is 1. The normalized spacial score (nSPS) is 12.1. The van der Waals surface area contributed by atoms with E-state index >= 15 is 0 Å². The Labute approximate surface area is 203 Å². The van der Waals surface area contributed by atoms with Crippen molar-refractivity contribution in [1.82, 2.24) is 5.32 Å². The molecular weight excluding hydrogens is 450 g/mol. The lowest BCUT2D eigenvalue weighted by atomic mass is 10.0. The molecule has 0 saturated carbocycles. The molecule has 0 rings (SSSR count). The third kappa shape index (κ3) is 24.2. The number of hydrogen-bond acceptors (Lipinski definition) is 2. The minimum absolute atomic E-state index is 0.102. The summed E-state index contributed by atoms with van der Waals surface area (Å²) in [7, 11) is 0. The molecule has 0 aromatic heterocycles. The van der Waals surface area contributed by atoms with Gasteiger partial charge in [0.1, 0.15) is 6.10 Å². The Kier molecular flexibility index (Phi) is 25.8. The summed E-state index contributed by atoms with van der Waals surface area (Å²) >= 11 is 3.48. The van der Waals surface area contributed by atoms with Gasteiger partial charge >= 0.3 is 6.09 Å². The Bertz CT molecular complexity index is 365. The van der Waals surface area contributed by atoms with Crippen LogP contribution < -0.4 is 5.32 Å². The van der Waals surface area contributed by atoms with Gasteiger partial charge in [0.05, 0.1) is 0 Å². The average Bonchev–Trinajstić information content (AvgIpc) is 2.77. The molecule has 1 unspecified atom stereocenters. The summed E-state index contributed by atoms with van der Waals surface area (Å²) in [5.74, 6) is 0. The van der Waals surface area contributed by atoms with E-state index in [1.54, 1.807) is 0 Å². The van der Waals surface area contributed by atoms with Gasteiger partial charge in [0, 0.05) is 11.9 Å². The highest BCUT2D eigenvalue weighted by molar-refractivity contribution is 9.09. The first-order valence-electron chi connectivity index (χ1n) is 13.7. The Morgan fingerprint density at radius 1 is 0.645 bits per heavy atom. The van der Waals surface area contributed by atoms with E-state index in [4.69, 9.17) is 4.74 Å². The van der Waals surface area contributed by atoms with Gasteiger partial charge in [-0.25, -0.2) is 4.79 Å². The summed E-state index contributed by atoms with van der Waals surface area (Å²) in [6, 6.07) is 0. The molecule has 1 N–H and O–H groups in total. The predicted octanol–water partition coefficient (Wildman–Crippen LogP) is 9.71. The first-order chi connectivity index (χ1) is 15.2. The fraction of sp³-hybridized carbons (Fsp3) is 0.963. The van der Waals surface area contributed by atoms with Crippen molar-refractivity contribution in [1.29, 1.82) is 0 Å². The molecular formula is C27H54BrNO2. The lowest BCUT2D eigenvalue weighted by molar-refractivity contribution is 0.0841. The largest absolute Gasteiger partial charge is 0.446 e. The molecule has 0 radical (unpaired) electrons. The third-order valence-corrected chi connectivity index (χ3v) is 6.67. The minimum atomic E-state index is -0.198. The number of unbranched alkanes of at least 4 members (excludes halogenated alkanes) is 16. The Morgan fingerprint density at radius 3 is 1.58 bits per heavy atom. The van der Waals surface area contributed by atoms with E-state index in [0.717, 1.165) is 31.1 Å². The molecule has 1 atom stereocenters. The van der Waals surface area contributed by atoms with Crippen LogP contribution in [-0.2, 0) is 4.74 Å². The zero-order chi connectivity index (χ0) is 22.8. The van der Waals surface area contributed by atoms with E-state index < -0.39 is 0 Å². The lowest BCUT2D eigenvalue weighted by Gasteiger charge is -2.18. The van der Waals surface area contributed by atoms with Crippen LogP contribution in [0.15, 0.2) is 0 Å². The summed E-state index contributed by atoms with van der Waals surface area (Å²) < 4.78 is 5.81. The Balaban J connectivity index is 3.89. The summed E-state index contributed by atoms with van der Waals surface area (Å²) in [5, 5.41) is 4.09. The van der Waals surface area contributed by atoms with Crippen LogP contribution in [0.3, 0.4) is 0 Å². The number of ether oxygens (including phenoxy) is 1. The van der Waals surface area contributed by atoms with Gasteiger partial charge in [-0.15, -0.1) is 0 Å². The molecule has 1 amide bonds. The maximum Gasteiger partial charge on any atom is 0.407 e. The second-order valence-corrected chi connectivity index (χ2v) is 10.0. The highest BCUT2D eigenvalue weighted by Gasteiger charge is 2.14. The molecule has 0 bridgehead atoms. The fourth-order valence-electron chi connectivity index (χ4n) is 4.05. The maximum absolute atomic E-state index is 12.2. The van der Waals surface area contributed by atoms with Crippen LogP contribution in [0.2, 0.25) is 0 Å². The second-order valence-electron chi connectivity index (χ2n) is 9.23. The lowest BCUT2D eigenvalue weighted by Crippen LogP contribution is -2.29. The van der Waals surface area contributed by atoms with Crippen LogP contribution in [-0.4, -0.2) is 24.1 Å². The van der Waals surface area contributed by atoms with Gasteiger partial charge in [-0.2, -0.15) is 0 Å².